The van der Waals surface area contributed by atoms with Gasteiger partial charge < -0.3 is 9.47 Å². The average Bonchev–Trinajstić information content (AvgIpc) is 2.99. The maximum absolute atomic E-state index is 12.6. The number of methoxy groups -OCH3 is 2. The van der Waals surface area contributed by atoms with Crippen molar-refractivity contribution in [2.75, 3.05) is 20.0 Å². The summed E-state index contributed by atoms with van der Waals surface area (Å²) in [5, 5.41) is 0. The van der Waals surface area contributed by atoms with Gasteiger partial charge in [0.2, 0.25) is 0 Å². The van der Waals surface area contributed by atoms with E-state index in [9.17, 15) is 4.79 Å². The van der Waals surface area contributed by atoms with Gasteiger partial charge in [-0.1, -0.05) is 32.9 Å². The number of benzene rings is 1. The monoisotopic (exact) mass is 372 g/mol. The zero-order valence-corrected chi connectivity index (χ0v) is 17.1. The Labute approximate surface area is 160 Å². The second-order valence-electron chi connectivity index (χ2n) is 8.62. The molecule has 4 heteroatoms. The summed E-state index contributed by atoms with van der Waals surface area (Å²) in [5.74, 6) is 2.13. The van der Waals surface area contributed by atoms with E-state index in [-0.39, 0.29) is 28.6 Å². The quantitative estimate of drug-likeness (QED) is 0.698. The lowest BCUT2D eigenvalue weighted by atomic mass is 9.69. The van der Waals surface area contributed by atoms with Crippen molar-refractivity contribution < 1.29 is 14.3 Å². The minimum absolute atomic E-state index is 0.0874. The maximum atomic E-state index is 12.6. The molecule has 1 aromatic rings. The third-order valence-electron chi connectivity index (χ3n) is 7.49. The van der Waals surface area contributed by atoms with Crippen LogP contribution in [0, 0.1) is 22.7 Å². The number of allylic oxidation sites excluding steroid dienone is 2. The Bertz CT molecular complexity index is 764. The number of fused-ring (bicyclic) bond motifs is 4. The Morgan fingerprint density at radius 1 is 1.15 bits per heavy atom. The van der Waals surface area contributed by atoms with Crippen LogP contribution < -0.4 is 4.74 Å². The van der Waals surface area contributed by atoms with Crippen molar-refractivity contribution in [2.45, 2.75) is 39.5 Å². The zero-order chi connectivity index (χ0) is 18.7. The second-order valence-corrected chi connectivity index (χ2v) is 9.65. The van der Waals surface area contributed by atoms with Gasteiger partial charge in [0.15, 0.2) is 0 Å². The highest BCUT2D eigenvalue weighted by molar-refractivity contribution is 8.03. The standard InChI is InChI=1S/C22H28O3S/c1-21(2)16-10-11-22(21,3)19-18(16)17(15(12-26-19)20(23)25-5)13-6-8-14(24-4)9-7-13/h6-9,15-17H,10-12H2,1-5H3/t15-,16-,17-,22+/m1/s1. The summed E-state index contributed by atoms with van der Waals surface area (Å²) in [7, 11) is 3.19. The number of carbonyl (C=O) groups is 1. The summed E-state index contributed by atoms with van der Waals surface area (Å²) >= 11 is 1.91. The van der Waals surface area contributed by atoms with Crippen LogP contribution in [0.2, 0.25) is 0 Å². The molecule has 4 atom stereocenters. The van der Waals surface area contributed by atoms with Gasteiger partial charge in [0.05, 0.1) is 20.1 Å². The number of rotatable bonds is 3. The Hall–Kier alpha value is -1.42. The predicted octanol–water partition coefficient (Wildman–Crippen LogP) is 5.03. The minimum Gasteiger partial charge on any atom is -0.497 e. The van der Waals surface area contributed by atoms with Crippen molar-refractivity contribution in [2.24, 2.45) is 22.7 Å². The highest BCUT2D eigenvalue weighted by Gasteiger charge is 2.63. The van der Waals surface area contributed by atoms with Crippen molar-refractivity contribution in [1.29, 1.82) is 0 Å². The molecule has 1 fully saturated rings. The molecule has 3 aliphatic rings. The fourth-order valence-corrected chi connectivity index (χ4v) is 7.39. The van der Waals surface area contributed by atoms with E-state index in [0.29, 0.717) is 5.92 Å². The zero-order valence-electron chi connectivity index (χ0n) is 16.3. The van der Waals surface area contributed by atoms with E-state index in [2.05, 4.69) is 32.9 Å². The fraction of sp³-hybridized carbons (Fsp3) is 0.591. The van der Waals surface area contributed by atoms with E-state index in [0.717, 1.165) is 11.5 Å². The van der Waals surface area contributed by atoms with Gasteiger partial charge >= 0.3 is 5.97 Å². The number of ether oxygens (including phenoxy) is 2. The Balaban J connectivity index is 1.85. The second kappa shape index (κ2) is 6.05. The summed E-state index contributed by atoms with van der Waals surface area (Å²) in [5.41, 5.74) is 3.21. The van der Waals surface area contributed by atoms with Crippen molar-refractivity contribution in [1.82, 2.24) is 0 Å². The molecule has 0 N–H and O–H groups in total. The molecule has 4 rings (SSSR count). The summed E-state index contributed by atoms with van der Waals surface area (Å²) < 4.78 is 10.5. The highest BCUT2D eigenvalue weighted by Crippen LogP contribution is 2.73. The van der Waals surface area contributed by atoms with Crippen LogP contribution in [0.5, 0.6) is 5.75 Å². The summed E-state index contributed by atoms with van der Waals surface area (Å²) in [4.78, 5) is 14.2. The van der Waals surface area contributed by atoms with Gasteiger partial charge in [-0.05, 0) is 52.3 Å². The first-order valence-corrected chi connectivity index (χ1v) is 10.4. The number of esters is 1. The summed E-state index contributed by atoms with van der Waals surface area (Å²) in [6, 6.07) is 8.26. The van der Waals surface area contributed by atoms with E-state index >= 15 is 0 Å². The molecule has 3 nitrogen and oxygen atoms in total. The van der Waals surface area contributed by atoms with Gasteiger partial charge in [0.25, 0.3) is 0 Å². The summed E-state index contributed by atoms with van der Waals surface area (Å²) in [6.45, 7) is 7.27. The number of thioether (sulfide) groups is 1. The van der Waals surface area contributed by atoms with Gasteiger partial charge in [-0.2, -0.15) is 0 Å². The lowest BCUT2D eigenvalue weighted by Crippen LogP contribution is -2.32. The van der Waals surface area contributed by atoms with E-state index in [1.807, 2.05) is 23.9 Å². The minimum atomic E-state index is -0.115. The van der Waals surface area contributed by atoms with E-state index in [1.165, 1.54) is 31.1 Å². The van der Waals surface area contributed by atoms with E-state index < -0.39 is 0 Å². The fourth-order valence-electron chi connectivity index (χ4n) is 5.59. The SMILES string of the molecule is COC(=O)[C@@H]1CSC2=C([C@@H]1c1ccc(OC)cc1)[C@H]1CC[C@]2(C)C1(C)C. The topological polar surface area (TPSA) is 35.5 Å². The maximum Gasteiger partial charge on any atom is 0.310 e. The van der Waals surface area contributed by atoms with E-state index in [4.69, 9.17) is 9.47 Å². The van der Waals surface area contributed by atoms with Crippen LogP contribution in [0.1, 0.15) is 45.1 Å². The van der Waals surface area contributed by atoms with Crippen molar-refractivity contribution >= 4 is 17.7 Å². The van der Waals surface area contributed by atoms with Crippen LogP contribution in [0.3, 0.4) is 0 Å². The van der Waals surface area contributed by atoms with Crippen LogP contribution in [0.25, 0.3) is 0 Å². The molecule has 1 heterocycles. The number of hydrogen-bond acceptors (Lipinski definition) is 4. The molecular formula is C22H28O3S. The van der Waals surface area contributed by atoms with Crippen molar-refractivity contribution in [3.8, 4) is 5.75 Å². The van der Waals surface area contributed by atoms with Crippen LogP contribution in [-0.4, -0.2) is 25.9 Å². The molecule has 0 saturated heterocycles. The van der Waals surface area contributed by atoms with Gasteiger partial charge in [0.1, 0.15) is 5.75 Å². The molecule has 1 saturated carbocycles. The Morgan fingerprint density at radius 2 is 1.85 bits per heavy atom. The largest absolute Gasteiger partial charge is 0.497 e. The van der Waals surface area contributed by atoms with Crippen LogP contribution >= 0.6 is 11.8 Å². The van der Waals surface area contributed by atoms with Crippen molar-refractivity contribution in [3.63, 3.8) is 0 Å². The first-order chi connectivity index (χ1) is 12.3. The van der Waals surface area contributed by atoms with Gasteiger partial charge in [-0.3, -0.25) is 4.79 Å². The molecule has 140 valence electrons. The first kappa shape index (κ1) is 18.0. The first-order valence-electron chi connectivity index (χ1n) is 9.44. The smallest absolute Gasteiger partial charge is 0.310 e. The summed E-state index contributed by atoms with van der Waals surface area (Å²) in [6.07, 6.45) is 2.48. The molecule has 0 amide bonds. The molecular weight excluding hydrogens is 344 g/mol. The predicted molar refractivity (Wildman–Crippen MR) is 105 cm³/mol. The Kier molecular flexibility index (Phi) is 4.18. The molecule has 0 aromatic heterocycles. The molecule has 0 radical (unpaired) electrons. The highest BCUT2D eigenvalue weighted by atomic mass is 32.2. The van der Waals surface area contributed by atoms with Crippen molar-refractivity contribution in [3.05, 3.63) is 40.3 Å². The van der Waals surface area contributed by atoms with Crippen LogP contribution in [-0.2, 0) is 9.53 Å². The van der Waals surface area contributed by atoms with Gasteiger partial charge in [0, 0.05) is 17.1 Å². The molecule has 26 heavy (non-hydrogen) atoms. The molecule has 1 aliphatic heterocycles. The normalized spacial score (nSPS) is 34.6. The molecule has 1 aromatic carbocycles. The van der Waals surface area contributed by atoms with Gasteiger partial charge in [-0.25, -0.2) is 0 Å². The number of hydrogen-bond donors (Lipinski definition) is 0. The number of carbonyl (C=O) groups excluding carboxylic acids is 1. The third kappa shape index (κ3) is 2.24. The Morgan fingerprint density at radius 3 is 2.46 bits per heavy atom. The van der Waals surface area contributed by atoms with E-state index in [1.54, 1.807) is 12.0 Å². The lowest BCUT2D eigenvalue weighted by Gasteiger charge is -2.39. The molecule has 2 aliphatic carbocycles. The van der Waals surface area contributed by atoms with Crippen LogP contribution in [0.15, 0.2) is 34.7 Å². The molecule has 0 spiro atoms. The average molecular weight is 373 g/mol. The lowest BCUT2D eigenvalue weighted by molar-refractivity contribution is -0.145. The third-order valence-corrected chi connectivity index (χ3v) is 8.99. The molecule has 2 bridgehead atoms. The molecule has 0 unspecified atom stereocenters. The van der Waals surface area contributed by atoms with Crippen LogP contribution in [0.4, 0.5) is 0 Å². The van der Waals surface area contributed by atoms with Gasteiger partial charge in [-0.15, -0.1) is 11.8 Å².